The summed E-state index contributed by atoms with van der Waals surface area (Å²) in [5.41, 5.74) is 0. The lowest BCUT2D eigenvalue weighted by molar-refractivity contribution is 0.0586. The third-order valence-electron chi connectivity index (χ3n) is 1.36. The molecule has 0 radical (unpaired) electrons. The number of aliphatic hydroxyl groups is 1. The van der Waals surface area contributed by atoms with E-state index in [0.29, 0.717) is 6.42 Å². The van der Waals surface area contributed by atoms with Crippen molar-refractivity contribution in [3.8, 4) is 0 Å². The zero-order chi connectivity index (χ0) is 10.5. The van der Waals surface area contributed by atoms with Crippen LogP contribution in [-0.4, -0.2) is 35.6 Å². The van der Waals surface area contributed by atoms with Crippen molar-refractivity contribution in [3.63, 3.8) is 0 Å². The maximum Gasteiger partial charge on any atom is 0.305 e. The van der Waals surface area contributed by atoms with Crippen LogP contribution in [0, 0.1) is 0 Å². The van der Waals surface area contributed by atoms with Crippen molar-refractivity contribution in [2.75, 3.05) is 13.2 Å². The van der Waals surface area contributed by atoms with Gasteiger partial charge in [-0.3, -0.25) is 4.55 Å². The fourth-order valence-electron chi connectivity index (χ4n) is 0.678. The third-order valence-corrected chi connectivity index (χ3v) is 3.54. The van der Waals surface area contributed by atoms with Crippen LogP contribution in [0.2, 0.25) is 0 Å². The van der Waals surface area contributed by atoms with Crippen molar-refractivity contribution in [3.05, 3.63) is 0 Å². The van der Waals surface area contributed by atoms with Crippen LogP contribution >= 0.6 is 12.6 Å². The van der Waals surface area contributed by atoms with E-state index < -0.39 is 21.0 Å². The van der Waals surface area contributed by atoms with E-state index in [1.165, 1.54) is 0 Å². The zero-order valence-corrected chi connectivity index (χ0v) is 9.01. The van der Waals surface area contributed by atoms with E-state index in [-0.39, 0.29) is 13.0 Å². The Morgan fingerprint density at radius 2 is 2.08 bits per heavy atom. The predicted octanol–water partition coefficient (Wildman–Crippen LogP) is 0.267. The summed E-state index contributed by atoms with van der Waals surface area (Å²) >= 11 is 3.69. The summed E-state index contributed by atoms with van der Waals surface area (Å²) in [6.07, 6.45) is 0.332. The molecule has 0 saturated carbocycles. The van der Waals surface area contributed by atoms with Crippen LogP contribution in [0.15, 0.2) is 0 Å². The first-order valence-corrected chi connectivity index (χ1v) is 5.70. The van der Waals surface area contributed by atoms with E-state index in [1.54, 1.807) is 6.92 Å². The van der Waals surface area contributed by atoms with E-state index in [9.17, 15) is 8.42 Å². The summed E-state index contributed by atoms with van der Waals surface area (Å²) in [6, 6.07) is 0. The van der Waals surface area contributed by atoms with Crippen molar-refractivity contribution in [2.45, 2.75) is 24.0 Å². The van der Waals surface area contributed by atoms with Gasteiger partial charge in [0, 0.05) is 19.6 Å². The minimum absolute atomic E-state index is 0.156. The third kappa shape index (κ3) is 3.82. The van der Waals surface area contributed by atoms with Gasteiger partial charge in [0.1, 0.15) is 0 Å². The SMILES string of the molecule is CCCOC(S)(CCO)S(=O)(=O)O. The molecule has 0 bridgehead atoms. The second kappa shape index (κ2) is 5.16. The fraction of sp³-hybridized carbons (Fsp3) is 1.00. The Hall–Kier alpha value is 0.180. The van der Waals surface area contributed by atoms with Crippen LogP contribution in [-0.2, 0) is 14.9 Å². The summed E-state index contributed by atoms with van der Waals surface area (Å²) in [5.74, 6) is 0. The van der Waals surface area contributed by atoms with Gasteiger partial charge in [-0.2, -0.15) is 8.42 Å². The van der Waals surface area contributed by atoms with E-state index in [4.69, 9.17) is 14.4 Å². The zero-order valence-electron chi connectivity index (χ0n) is 7.30. The normalized spacial score (nSPS) is 16.9. The predicted molar refractivity (Wildman–Crippen MR) is 51.2 cm³/mol. The number of aliphatic hydroxyl groups excluding tert-OH is 1. The first kappa shape index (κ1) is 13.2. The van der Waals surface area contributed by atoms with Crippen LogP contribution in [0.25, 0.3) is 0 Å². The molecule has 0 aliphatic heterocycles. The summed E-state index contributed by atoms with van der Waals surface area (Å²) in [6.45, 7) is 1.52. The van der Waals surface area contributed by atoms with Gasteiger partial charge in [0.05, 0.1) is 0 Å². The highest BCUT2D eigenvalue weighted by Crippen LogP contribution is 2.27. The first-order valence-electron chi connectivity index (χ1n) is 3.81. The quantitative estimate of drug-likeness (QED) is 0.346. The molecule has 0 aliphatic rings. The Morgan fingerprint density at radius 1 is 1.54 bits per heavy atom. The van der Waals surface area contributed by atoms with E-state index >= 15 is 0 Å². The summed E-state index contributed by atoms with van der Waals surface area (Å²) in [4.78, 5) is 0. The molecule has 1 atom stereocenters. The monoisotopic (exact) mass is 230 g/mol. The van der Waals surface area contributed by atoms with E-state index in [1.807, 2.05) is 0 Å². The molecule has 0 saturated heterocycles. The van der Waals surface area contributed by atoms with E-state index in [2.05, 4.69) is 12.6 Å². The lowest BCUT2D eigenvalue weighted by Crippen LogP contribution is -2.36. The maximum absolute atomic E-state index is 10.8. The second-order valence-corrected chi connectivity index (χ2v) is 5.14. The topological polar surface area (TPSA) is 83.8 Å². The van der Waals surface area contributed by atoms with E-state index in [0.717, 1.165) is 0 Å². The number of rotatable bonds is 6. The van der Waals surface area contributed by atoms with Crippen LogP contribution in [0.4, 0.5) is 0 Å². The van der Waals surface area contributed by atoms with Gasteiger partial charge in [0.15, 0.2) is 0 Å². The lowest BCUT2D eigenvalue weighted by atomic mass is 10.4. The molecular formula is C6H14O5S2. The van der Waals surface area contributed by atoms with Gasteiger partial charge < -0.3 is 9.84 Å². The van der Waals surface area contributed by atoms with Gasteiger partial charge in [-0.05, 0) is 6.42 Å². The molecular weight excluding hydrogens is 216 g/mol. The number of ether oxygens (including phenoxy) is 1. The van der Waals surface area contributed by atoms with Gasteiger partial charge in [-0.15, -0.1) is 12.6 Å². The Balaban J connectivity index is 4.53. The Morgan fingerprint density at radius 3 is 2.38 bits per heavy atom. The Kier molecular flexibility index (Phi) is 5.23. The fourth-order valence-corrected chi connectivity index (χ4v) is 1.45. The molecule has 0 spiro atoms. The maximum atomic E-state index is 10.8. The number of hydrogen-bond acceptors (Lipinski definition) is 5. The molecule has 80 valence electrons. The molecule has 0 fully saturated rings. The molecule has 13 heavy (non-hydrogen) atoms. The minimum atomic E-state index is -4.42. The highest BCUT2D eigenvalue weighted by molar-refractivity contribution is 8.02. The second-order valence-electron chi connectivity index (χ2n) is 2.51. The highest BCUT2D eigenvalue weighted by Gasteiger charge is 2.39. The first-order chi connectivity index (χ1) is 5.87. The van der Waals surface area contributed by atoms with Crippen LogP contribution in [0.3, 0.4) is 0 Å². The molecule has 0 heterocycles. The molecule has 2 N–H and O–H groups in total. The molecule has 0 amide bonds. The lowest BCUT2D eigenvalue weighted by Gasteiger charge is -2.24. The number of thiol groups is 1. The Labute approximate surface area is 83.3 Å². The van der Waals surface area contributed by atoms with Gasteiger partial charge >= 0.3 is 10.1 Å². The molecule has 7 heteroatoms. The average Bonchev–Trinajstić information content (AvgIpc) is 1.99. The standard InChI is InChI=1S/C6H14O5S2/c1-2-5-11-6(12,3-4-7)13(8,9)10/h7,12H,2-5H2,1H3,(H,8,9,10). The minimum Gasteiger partial charge on any atom is -0.396 e. The number of hydrogen-bond donors (Lipinski definition) is 3. The van der Waals surface area contributed by atoms with Crippen molar-refractivity contribution in [2.24, 2.45) is 0 Å². The van der Waals surface area contributed by atoms with Crippen molar-refractivity contribution in [1.82, 2.24) is 0 Å². The molecule has 0 aromatic carbocycles. The summed E-state index contributed by atoms with van der Waals surface area (Å²) in [7, 11) is -4.42. The van der Waals surface area contributed by atoms with Crippen molar-refractivity contribution in [1.29, 1.82) is 0 Å². The van der Waals surface area contributed by atoms with Crippen LogP contribution in [0.1, 0.15) is 19.8 Å². The molecule has 0 aromatic heterocycles. The molecule has 0 aliphatic carbocycles. The average molecular weight is 230 g/mol. The Bertz CT molecular complexity index is 237. The van der Waals surface area contributed by atoms with Crippen molar-refractivity contribution >= 4 is 22.7 Å². The van der Waals surface area contributed by atoms with Gasteiger partial charge in [-0.25, -0.2) is 0 Å². The molecule has 5 nitrogen and oxygen atoms in total. The molecule has 0 aromatic rings. The van der Waals surface area contributed by atoms with Crippen LogP contribution in [0.5, 0.6) is 0 Å². The smallest absolute Gasteiger partial charge is 0.305 e. The van der Waals surface area contributed by atoms with Crippen molar-refractivity contribution < 1.29 is 22.8 Å². The molecule has 1 unspecified atom stereocenters. The van der Waals surface area contributed by atoms with Gasteiger partial charge in [0.25, 0.3) is 0 Å². The largest absolute Gasteiger partial charge is 0.396 e. The summed E-state index contributed by atoms with van der Waals surface area (Å²) in [5, 5.41) is 8.56. The van der Waals surface area contributed by atoms with Gasteiger partial charge in [0.2, 0.25) is 4.27 Å². The summed E-state index contributed by atoms with van der Waals surface area (Å²) < 4.78 is 33.2. The highest BCUT2D eigenvalue weighted by atomic mass is 32.3. The van der Waals surface area contributed by atoms with Crippen LogP contribution < -0.4 is 0 Å². The van der Waals surface area contributed by atoms with Gasteiger partial charge in [-0.1, -0.05) is 6.92 Å². The molecule has 0 rings (SSSR count).